The number of benzene rings is 2. The van der Waals surface area contributed by atoms with Crippen molar-refractivity contribution in [2.24, 2.45) is 0 Å². The topological polar surface area (TPSA) is 85.7 Å². The number of aromatic amines is 1. The molecule has 0 saturated heterocycles. The second-order valence-electron chi connectivity index (χ2n) is 7.06. The molecule has 0 aliphatic rings. The van der Waals surface area contributed by atoms with Crippen LogP contribution >= 0.6 is 0 Å². The summed E-state index contributed by atoms with van der Waals surface area (Å²) in [6.45, 7) is 1.96. The average molecular weight is 397 g/mol. The second kappa shape index (κ2) is 7.11. The van der Waals surface area contributed by atoms with Crippen LogP contribution in [0.4, 0.5) is 0 Å². The van der Waals surface area contributed by atoms with Gasteiger partial charge in [-0.05, 0) is 36.8 Å². The molecule has 3 heterocycles. The lowest BCUT2D eigenvalue weighted by Gasteiger charge is -2.15. The van der Waals surface area contributed by atoms with Crippen molar-refractivity contribution >= 4 is 22.2 Å². The third-order valence-corrected chi connectivity index (χ3v) is 5.31. The van der Waals surface area contributed by atoms with Crippen LogP contribution in [-0.2, 0) is 0 Å². The SMILES string of the molecule is COc1cccc(C(C)n2c(=O)[nH]c3ncc(-c4cccc5ncccc45)nc32)c1. The number of methoxy groups -OCH3 is 1. The number of aromatic nitrogens is 5. The Morgan fingerprint density at radius 3 is 2.80 bits per heavy atom. The van der Waals surface area contributed by atoms with E-state index in [2.05, 4.69) is 15.0 Å². The van der Waals surface area contributed by atoms with Crippen LogP contribution in [0, 0.1) is 0 Å². The molecule has 5 aromatic rings. The molecule has 7 nitrogen and oxygen atoms in total. The number of hydrogen-bond donors (Lipinski definition) is 1. The van der Waals surface area contributed by atoms with Crippen molar-refractivity contribution in [1.29, 1.82) is 0 Å². The van der Waals surface area contributed by atoms with Crippen LogP contribution < -0.4 is 10.4 Å². The Kier molecular flexibility index (Phi) is 4.28. The molecule has 148 valence electrons. The van der Waals surface area contributed by atoms with Crippen molar-refractivity contribution in [3.63, 3.8) is 0 Å². The van der Waals surface area contributed by atoms with E-state index in [0.717, 1.165) is 27.8 Å². The van der Waals surface area contributed by atoms with Crippen molar-refractivity contribution in [1.82, 2.24) is 24.5 Å². The summed E-state index contributed by atoms with van der Waals surface area (Å²) in [7, 11) is 1.62. The minimum absolute atomic E-state index is 0.250. The number of fused-ring (bicyclic) bond motifs is 2. The predicted octanol–water partition coefficient (Wildman–Crippen LogP) is 3.95. The fourth-order valence-electron chi connectivity index (χ4n) is 3.76. The van der Waals surface area contributed by atoms with Gasteiger partial charge in [0, 0.05) is 17.1 Å². The Balaban J connectivity index is 1.69. The van der Waals surface area contributed by atoms with Crippen molar-refractivity contribution < 1.29 is 4.74 Å². The molecule has 0 aliphatic carbocycles. The summed E-state index contributed by atoms with van der Waals surface area (Å²) in [6.07, 6.45) is 3.45. The van der Waals surface area contributed by atoms with Crippen LogP contribution in [0.1, 0.15) is 18.5 Å². The second-order valence-corrected chi connectivity index (χ2v) is 7.06. The zero-order valence-electron chi connectivity index (χ0n) is 16.5. The van der Waals surface area contributed by atoms with E-state index >= 15 is 0 Å². The smallest absolute Gasteiger partial charge is 0.329 e. The molecule has 30 heavy (non-hydrogen) atoms. The highest BCUT2D eigenvalue weighted by molar-refractivity contribution is 5.93. The van der Waals surface area contributed by atoms with E-state index in [-0.39, 0.29) is 11.7 Å². The number of hydrogen-bond acceptors (Lipinski definition) is 5. The van der Waals surface area contributed by atoms with E-state index in [4.69, 9.17) is 9.72 Å². The van der Waals surface area contributed by atoms with E-state index < -0.39 is 0 Å². The maximum Gasteiger partial charge on any atom is 0.329 e. The van der Waals surface area contributed by atoms with E-state index in [1.165, 1.54) is 0 Å². The van der Waals surface area contributed by atoms with Crippen molar-refractivity contribution in [3.05, 3.63) is 83.0 Å². The van der Waals surface area contributed by atoms with Crippen LogP contribution in [-0.4, -0.2) is 31.6 Å². The molecule has 0 bridgehead atoms. The molecule has 0 amide bonds. The number of rotatable bonds is 4. The summed E-state index contributed by atoms with van der Waals surface area (Å²) in [5.74, 6) is 0.738. The van der Waals surface area contributed by atoms with E-state index in [0.29, 0.717) is 17.0 Å². The molecule has 1 atom stereocenters. The molecule has 1 unspecified atom stereocenters. The minimum atomic E-state index is -0.253. The Hall–Kier alpha value is -4.00. The van der Waals surface area contributed by atoms with Gasteiger partial charge in [-0.2, -0.15) is 0 Å². The molecule has 3 aromatic heterocycles. The first-order valence-electron chi connectivity index (χ1n) is 9.61. The molecule has 1 N–H and O–H groups in total. The fourth-order valence-corrected chi connectivity index (χ4v) is 3.76. The standard InChI is InChI=1S/C23H19N5O2/c1-14(15-6-3-7-16(12-15)30-2)28-22-21(27-23(28)29)25-13-20(26-22)18-8-4-10-19-17(18)9-5-11-24-19/h3-14H,1-2H3,(H,25,27,29). The zero-order valence-corrected chi connectivity index (χ0v) is 16.5. The maximum absolute atomic E-state index is 12.8. The molecular weight excluding hydrogens is 378 g/mol. The molecular formula is C23H19N5O2. The lowest BCUT2D eigenvalue weighted by molar-refractivity contribution is 0.413. The lowest BCUT2D eigenvalue weighted by atomic mass is 10.1. The van der Waals surface area contributed by atoms with E-state index in [9.17, 15) is 4.79 Å². The Labute approximate surface area is 172 Å². The first-order valence-corrected chi connectivity index (χ1v) is 9.61. The highest BCUT2D eigenvalue weighted by atomic mass is 16.5. The number of pyridine rings is 1. The Morgan fingerprint density at radius 2 is 1.93 bits per heavy atom. The van der Waals surface area contributed by atoms with Gasteiger partial charge in [0.25, 0.3) is 0 Å². The third kappa shape index (κ3) is 2.91. The van der Waals surface area contributed by atoms with Crippen molar-refractivity contribution in [2.75, 3.05) is 7.11 Å². The highest BCUT2D eigenvalue weighted by Crippen LogP contribution is 2.28. The van der Waals surface area contributed by atoms with Crippen LogP contribution in [0.2, 0.25) is 0 Å². The average Bonchev–Trinajstić information content (AvgIpc) is 3.13. The van der Waals surface area contributed by atoms with Gasteiger partial charge in [0.1, 0.15) is 5.75 Å². The van der Waals surface area contributed by atoms with Crippen LogP contribution in [0.15, 0.2) is 71.8 Å². The monoisotopic (exact) mass is 397 g/mol. The maximum atomic E-state index is 12.8. The van der Waals surface area contributed by atoms with Crippen LogP contribution in [0.25, 0.3) is 33.5 Å². The molecule has 0 radical (unpaired) electrons. The van der Waals surface area contributed by atoms with Crippen LogP contribution in [0.3, 0.4) is 0 Å². The van der Waals surface area contributed by atoms with Gasteiger partial charge in [0.15, 0.2) is 11.3 Å². The van der Waals surface area contributed by atoms with Gasteiger partial charge in [0.05, 0.1) is 30.6 Å². The lowest BCUT2D eigenvalue weighted by Crippen LogP contribution is -2.21. The van der Waals surface area contributed by atoms with Gasteiger partial charge in [-0.15, -0.1) is 0 Å². The van der Waals surface area contributed by atoms with E-state index in [1.807, 2.05) is 61.5 Å². The molecule has 0 saturated carbocycles. The summed E-state index contributed by atoms with van der Waals surface area (Å²) in [5.41, 5.74) is 4.14. The van der Waals surface area contributed by atoms with Crippen molar-refractivity contribution in [2.45, 2.75) is 13.0 Å². The van der Waals surface area contributed by atoms with Gasteiger partial charge in [-0.3, -0.25) is 14.5 Å². The molecule has 0 aliphatic heterocycles. The number of ether oxygens (including phenoxy) is 1. The van der Waals surface area contributed by atoms with Gasteiger partial charge in [-0.25, -0.2) is 14.8 Å². The first-order chi connectivity index (χ1) is 14.7. The largest absolute Gasteiger partial charge is 0.497 e. The summed E-state index contributed by atoms with van der Waals surface area (Å²) >= 11 is 0. The number of nitrogens with one attached hydrogen (secondary N) is 1. The predicted molar refractivity (Wildman–Crippen MR) is 116 cm³/mol. The Morgan fingerprint density at radius 1 is 1.07 bits per heavy atom. The molecule has 7 heteroatoms. The summed E-state index contributed by atoms with van der Waals surface area (Å²) < 4.78 is 6.96. The summed E-state index contributed by atoms with van der Waals surface area (Å²) in [4.78, 5) is 29.3. The minimum Gasteiger partial charge on any atom is -0.497 e. The molecule has 5 rings (SSSR count). The quantitative estimate of drug-likeness (QED) is 0.496. The normalized spacial score (nSPS) is 12.3. The summed E-state index contributed by atoms with van der Waals surface area (Å²) in [5, 5.41) is 0.985. The van der Waals surface area contributed by atoms with Crippen molar-refractivity contribution in [3.8, 4) is 17.0 Å². The molecule has 2 aromatic carbocycles. The number of nitrogens with zero attached hydrogens (tertiary/aromatic N) is 4. The highest BCUT2D eigenvalue weighted by Gasteiger charge is 2.18. The van der Waals surface area contributed by atoms with Gasteiger partial charge in [-0.1, -0.05) is 30.3 Å². The Bertz CT molecular complexity index is 1430. The summed E-state index contributed by atoms with van der Waals surface area (Å²) in [6, 6.07) is 17.2. The third-order valence-electron chi connectivity index (χ3n) is 5.31. The van der Waals surface area contributed by atoms with Gasteiger partial charge >= 0.3 is 5.69 Å². The van der Waals surface area contributed by atoms with E-state index in [1.54, 1.807) is 24.1 Å². The molecule has 0 spiro atoms. The van der Waals surface area contributed by atoms with Crippen LogP contribution in [0.5, 0.6) is 5.75 Å². The van der Waals surface area contributed by atoms with Gasteiger partial charge < -0.3 is 4.74 Å². The number of H-pyrrole nitrogens is 1. The fraction of sp³-hybridized carbons (Fsp3) is 0.130. The molecule has 0 fully saturated rings. The number of imidazole rings is 1. The van der Waals surface area contributed by atoms with Gasteiger partial charge in [0.2, 0.25) is 0 Å². The first kappa shape index (κ1) is 18.1. The zero-order chi connectivity index (χ0) is 20.7.